The summed E-state index contributed by atoms with van der Waals surface area (Å²) >= 11 is 0. The van der Waals surface area contributed by atoms with Gasteiger partial charge >= 0.3 is 0 Å². The highest BCUT2D eigenvalue weighted by atomic mass is 35.5. The first-order chi connectivity index (χ1) is 10.7. The second-order valence-corrected chi connectivity index (χ2v) is 4.95. The molecule has 0 bridgehead atoms. The number of halogens is 1. The number of carbonyl (C=O) groups excluding carboxylic acids is 1. The van der Waals surface area contributed by atoms with Gasteiger partial charge in [-0.2, -0.15) is 0 Å². The lowest BCUT2D eigenvalue weighted by Gasteiger charge is -2.20. The molecule has 4 nitrogen and oxygen atoms in total. The summed E-state index contributed by atoms with van der Waals surface area (Å²) in [5.74, 6) is 0.775. The Hall–Kier alpha value is -2.04. The fourth-order valence-electron chi connectivity index (χ4n) is 2.29. The van der Waals surface area contributed by atoms with Gasteiger partial charge in [0.25, 0.3) is 0 Å². The SMILES string of the molecule is CCOc1ccc(C(NC(=O)CCN)c2ccccc2)cc1.Cl. The van der Waals surface area contributed by atoms with Crippen molar-refractivity contribution in [3.63, 3.8) is 0 Å². The first-order valence-electron chi connectivity index (χ1n) is 7.51. The predicted octanol–water partition coefficient (Wildman–Crippen LogP) is 3.06. The summed E-state index contributed by atoms with van der Waals surface area (Å²) in [5, 5.41) is 3.04. The average Bonchev–Trinajstić information content (AvgIpc) is 2.55. The molecule has 0 saturated carbocycles. The van der Waals surface area contributed by atoms with Crippen LogP contribution in [0.3, 0.4) is 0 Å². The number of amides is 1. The van der Waals surface area contributed by atoms with E-state index in [9.17, 15) is 4.79 Å². The molecule has 2 rings (SSSR count). The zero-order valence-electron chi connectivity index (χ0n) is 13.2. The highest BCUT2D eigenvalue weighted by Crippen LogP contribution is 2.24. The van der Waals surface area contributed by atoms with Crippen LogP contribution in [-0.2, 0) is 4.79 Å². The number of ether oxygens (including phenoxy) is 1. The molecule has 0 saturated heterocycles. The molecule has 1 amide bonds. The standard InChI is InChI=1S/C18H22N2O2.ClH/c1-2-22-16-10-8-15(9-11-16)18(20-17(21)12-13-19)14-6-4-3-5-7-14;/h3-11,18H,2,12-13,19H2,1H3,(H,20,21);1H. The summed E-state index contributed by atoms with van der Waals surface area (Å²) < 4.78 is 5.46. The van der Waals surface area contributed by atoms with E-state index >= 15 is 0 Å². The van der Waals surface area contributed by atoms with E-state index in [0.29, 0.717) is 19.6 Å². The van der Waals surface area contributed by atoms with Crippen LogP contribution in [0.1, 0.15) is 30.5 Å². The molecule has 0 radical (unpaired) electrons. The van der Waals surface area contributed by atoms with Gasteiger partial charge in [-0.1, -0.05) is 42.5 Å². The first kappa shape index (κ1) is 19.0. The first-order valence-corrected chi connectivity index (χ1v) is 7.51. The van der Waals surface area contributed by atoms with Crippen LogP contribution in [0.5, 0.6) is 5.75 Å². The highest BCUT2D eigenvalue weighted by molar-refractivity contribution is 5.85. The van der Waals surface area contributed by atoms with Crippen LogP contribution in [0.4, 0.5) is 0 Å². The fourth-order valence-corrected chi connectivity index (χ4v) is 2.29. The molecule has 5 heteroatoms. The molecule has 2 aromatic rings. The van der Waals surface area contributed by atoms with Crippen molar-refractivity contribution in [1.82, 2.24) is 5.32 Å². The van der Waals surface area contributed by atoms with Crippen molar-refractivity contribution in [2.24, 2.45) is 5.73 Å². The lowest BCUT2D eigenvalue weighted by molar-refractivity contribution is -0.121. The van der Waals surface area contributed by atoms with E-state index in [2.05, 4.69) is 5.32 Å². The lowest BCUT2D eigenvalue weighted by Crippen LogP contribution is -2.30. The van der Waals surface area contributed by atoms with Crippen molar-refractivity contribution in [2.75, 3.05) is 13.2 Å². The molecular formula is C18H23ClN2O2. The van der Waals surface area contributed by atoms with Crippen LogP contribution in [0.25, 0.3) is 0 Å². The Balaban J connectivity index is 0.00000264. The minimum Gasteiger partial charge on any atom is -0.494 e. The Morgan fingerprint density at radius 2 is 1.70 bits per heavy atom. The summed E-state index contributed by atoms with van der Waals surface area (Å²) in [6, 6.07) is 17.5. The largest absolute Gasteiger partial charge is 0.494 e. The van der Waals surface area contributed by atoms with Crippen LogP contribution in [0, 0.1) is 0 Å². The monoisotopic (exact) mass is 334 g/mol. The van der Waals surface area contributed by atoms with Gasteiger partial charge in [0.15, 0.2) is 0 Å². The quantitative estimate of drug-likeness (QED) is 0.818. The van der Waals surface area contributed by atoms with Crippen molar-refractivity contribution in [2.45, 2.75) is 19.4 Å². The molecule has 1 atom stereocenters. The smallest absolute Gasteiger partial charge is 0.222 e. The zero-order valence-corrected chi connectivity index (χ0v) is 14.0. The summed E-state index contributed by atoms with van der Waals surface area (Å²) in [5.41, 5.74) is 7.51. The predicted molar refractivity (Wildman–Crippen MR) is 95.0 cm³/mol. The van der Waals surface area contributed by atoms with E-state index in [4.69, 9.17) is 10.5 Å². The minimum atomic E-state index is -0.184. The van der Waals surface area contributed by atoms with Crippen molar-refractivity contribution in [1.29, 1.82) is 0 Å². The second kappa shape index (κ2) is 9.87. The molecule has 0 aromatic heterocycles. The van der Waals surface area contributed by atoms with Gasteiger partial charge in [0, 0.05) is 13.0 Å². The molecule has 0 heterocycles. The Labute approximate surface area is 143 Å². The molecular weight excluding hydrogens is 312 g/mol. The number of benzene rings is 2. The minimum absolute atomic E-state index is 0. The van der Waals surface area contributed by atoms with Gasteiger partial charge in [-0.05, 0) is 30.2 Å². The number of carbonyl (C=O) groups is 1. The molecule has 2 aromatic carbocycles. The summed E-state index contributed by atoms with van der Waals surface area (Å²) in [6.45, 7) is 2.93. The fraction of sp³-hybridized carbons (Fsp3) is 0.278. The average molecular weight is 335 g/mol. The molecule has 1 unspecified atom stereocenters. The third kappa shape index (κ3) is 5.58. The number of hydrogen-bond acceptors (Lipinski definition) is 3. The van der Waals surface area contributed by atoms with Crippen LogP contribution in [0.15, 0.2) is 54.6 Å². The number of rotatable bonds is 7. The van der Waals surface area contributed by atoms with Gasteiger partial charge in [-0.25, -0.2) is 0 Å². The van der Waals surface area contributed by atoms with Gasteiger partial charge < -0.3 is 15.8 Å². The maximum absolute atomic E-state index is 12.0. The van der Waals surface area contributed by atoms with Crippen molar-refractivity contribution in [3.8, 4) is 5.75 Å². The summed E-state index contributed by atoms with van der Waals surface area (Å²) in [4.78, 5) is 12.0. The molecule has 0 aliphatic carbocycles. The topological polar surface area (TPSA) is 64.3 Å². The van der Waals surface area contributed by atoms with Gasteiger partial charge in [-0.15, -0.1) is 12.4 Å². The molecule has 124 valence electrons. The van der Waals surface area contributed by atoms with E-state index in [1.165, 1.54) is 0 Å². The molecule has 0 aliphatic heterocycles. The Bertz CT molecular complexity index is 588. The third-order valence-corrected chi connectivity index (χ3v) is 3.33. The number of nitrogens with two attached hydrogens (primary N) is 1. The Morgan fingerprint density at radius 3 is 2.26 bits per heavy atom. The van der Waals surface area contributed by atoms with E-state index in [1.807, 2.05) is 61.5 Å². The normalized spacial score (nSPS) is 11.2. The van der Waals surface area contributed by atoms with Crippen LogP contribution in [0.2, 0.25) is 0 Å². The van der Waals surface area contributed by atoms with Gasteiger partial charge in [0.05, 0.1) is 12.6 Å². The van der Waals surface area contributed by atoms with Crippen LogP contribution in [-0.4, -0.2) is 19.1 Å². The van der Waals surface area contributed by atoms with Gasteiger partial charge in [-0.3, -0.25) is 4.79 Å². The maximum Gasteiger partial charge on any atom is 0.222 e. The highest BCUT2D eigenvalue weighted by Gasteiger charge is 2.16. The molecule has 23 heavy (non-hydrogen) atoms. The van der Waals surface area contributed by atoms with Crippen LogP contribution < -0.4 is 15.8 Å². The third-order valence-electron chi connectivity index (χ3n) is 3.33. The molecule has 0 fully saturated rings. The van der Waals surface area contributed by atoms with Gasteiger partial charge in [0.1, 0.15) is 5.75 Å². The molecule has 0 spiro atoms. The lowest BCUT2D eigenvalue weighted by atomic mass is 9.98. The van der Waals surface area contributed by atoms with E-state index in [1.54, 1.807) is 0 Å². The van der Waals surface area contributed by atoms with E-state index in [-0.39, 0.29) is 24.4 Å². The molecule has 3 N–H and O–H groups in total. The van der Waals surface area contributed by atoms with Crippen molar-refractivity contribution < 1.29 is 9.53 Å². The molecule has 0 aliphatic rings. The summed E-state index contributed by atoms with van der Waals surface area (Å²) in [6.07, 6.45) is 0.320. The summed E-state index contributed by atoms with van der Waals surface area (Å²) in [7, 11) is 0. The van der Waals surface area contributed by atoms with Gasteiger partial charge in [0.2, 0.25) is 5.91 Å². The van der Waals surface area contributed by atoms with E-state index < -0.39 is 0 Å². The second-order valence-electron chi connectivity index (χ2n) is 4.95. The van der Waals surface area contributed by atoms with E-state index in [0.717, 1.165) is 16.9 Å². The Morgan fingerprint density at radius 1 is 1.09 bits per heavy atom. The number of hydrogen-bond donors (Lipinski definition) is 2. The maximum atomic E-state index is 12.0. The zero-order chi connectivity index (χ0) is 15.8. The number of nitrogens with one attached hydrogen (secondary N) is 1. The van der Waals surface area contributed by atoms with Crippen molar-refractivity contribution >= 4 is 18.3 Å². The van der Waals surface area contributed by atoms with Crippen molar-refractivity contribution in [3.05, 3.63) is 65.7 Å². The van der Waals surface area contributed by atoms with Crippen LogP contribution >= 0.6 is 12.4 Å². The Kier molecular flexibility index (Phi) is 8.16.